The van der Waals surface area contributed by atoms with Crippen LogP contribution in [0.5, 0.6) is 0 Å². The summed E-state index contributed by atoms with van der Waals surface area (Å²) in [5, 5.41) is 1.18. The molecule has 1 spiro atoms. The van der Waals surface area contributed by atoms with Crippen LogP contribution in [-0.2, 0) is 4.74 Å². The van der Waals surface area contributed by atoms with Crippen LogP contribution in [0.1, 0.15) is 46.0 Å². The van der Waals surface area contributed by atoms with Crippen molar-refractivity contribution in [2.24, 2.45) is 11.3 Å². The Labute approximate surface area is 95.7 Å². The highest BCUT2D eigenvalue weighted by Gasteiger charge is 2.47. The van der Waals surface area contributed by atoms with E-state index < -0.39 is 0 Å². The van der Waals surface area contributed by atoms with E-state index in [4.69, 9.17) is 4.74 Å². The van der Waals surface area contributed by atoms with Crippen molar-refractivity contribution in [2.45, 2.75) is 51.6 Å². The minimum absolute atomic E-state index is 0.114. The van der Waals surface area contributed by atoms with E-state index in [2.05, 4.69) is 29.8 Å². The normalized spacial score (nSPS) is 41.8. The van der Waals surface area contributed by atoms with Crippen molar-refractivity contribution in [3.63, 3.8) is 0 Å². The first-order valence-electron chi connectivity index (χ1n) is 5.78. The molecule has 0 bridgehead atoms. The predicted molar refractivity (Wildman–Crippen MR) is 62.8 cm³/mol. The van der Waals surface area contributed by atoms with E-state index in [1.54, 1.807) is 0 Å². The van der Waals surface area contributed by atoms with Gasteiger partial charge in [-0.2, -0.15) is 0 Å². The Bertz CT molecular complexity index is 214. The molecule has 2 fully saturated rings. The van der Waals surface area contributed by atoms with Gasteiger partial charge in [0.05, 0.1) is 5.60 Å². The molecule has 1 saturated carbocycles. The number of alkyl halides is 1. The molecule has 0 aromatic carbocycles. The topological polar surface area (TPSA) is 9.23 Å². The summed E-state index contributed by atoms with van der Waals surface area (Å²) >= 11 is 3.68. The number of hydrogen-bond donors (Lipinski definition) is 0. The molecule has 0 aromatic rings. The maximum atomic E-state index is 5.83. The zero-order valence-corrected chi connectivity index (χ0v) is 10.9. The lowest BCUT2D eigenvalue weighted by atomic mass is 9.68. The van der Waals surface area contributed by atoms with Crippen molar-refractivity contribution in [3.05, 3.63) is 0 Å². The average Bonchev–Trinajstić information content (AvgIpc) is 2.45. The van der Waals surface area contributed by atoms with Crippen LogP contribution in [0.3, 0.4) is 0 Å². The highest BCUT2D eigenvalue weighted by molar-refractivity contribution is 9.09. The summed E-state index contributed by atoms with van der Waals surface area (Å²) in [4.78, 5) is 0. The van der Waals surface area contributed by atoms with Crippen LogP contribution in [0.2, 0.25) is 0 Å². The summed E-state index contributed by atoms with van der Waals surface area (Å²) in [6.07, 6.45) is 6.81. The fourth-order valence-corrected chi connectivity index (χ4v) is 4.54. The summed E-state index contributed by atoms with van der Waals surface area (Å²) in [5.74, 6) is 0.894. The maximum Gasteiger partial charge on any atom is 0.0631 e. The van der Waals surface area contributed by atoms with Crippen molar-refractivity contribution in [2.75, 3.05) is 11.9 Å². The quantitative estimate of drug-likeness (QED) is 0.653. The Morgan fingerprint density at radius 2 is 2.14 bits per heavy atom. The third kappa shape index (κ3) is 1.88. The fourth-order valence-electron chi connectivity index (χ4n) is 3.53. The molecular formula is C12H21BrO. The first-order chi connectivity index (χ1) is 6.58. The van der Waals surface area contributed by atoms with E-state index in [0.717, 1.165) is 12.5 Å². The third-order valence-electron chi connectivity index (χ3n) is 4.15. The maximum absolute atomic E-state index is 5.83. The zero-order valence-electron chi connectivity index (χ0n) is 9.31. The number of rotatable bonds is 1. The Kier molecular flexibility index (Phi) is 2.96. The van der Waals surface area contributed by atoms with Gasteiger partial charge in [0.2, 0.25) is 0 Å². The van der Waals surface area contributed by atoms with Crippen LogP contribution in [-0.4, -0.2) is 17.5 Å². The Hall–Kier alpha value is 0.440. The summed E-state index contributed by atoms with van der Waals surface area (Å²) in [6.45, 7) is 5.46. The Balaban J connectivity index is 2.14. The first kappa shape index (κ1) is 10.9. The lowest BCUT2D eigenvalue weighted by Gasteiger charge is -2.46. The van der Waals surface area contributed by atoms with E-state index in [-0.39, 0.29) is 5.60 Å². The molecule has 0 amide bonds. The van der Waals surface area contributed by atoms with Gasteiger partial charge in [-0.3, -0.25) is 0 Å². The summed E-state index contributed by atoms with van der Waals surface area (Å²) in [5.41, 5.74) is 0.717. The second-order valence-electron chi connectivity index (χ2n) is 5.64. The molecule has 2 atom stereocenters. The molecule has 0 radical (unpaired) electrons. The molecule has 2 heteroatoms. The second-order valence-corrected chi connectivity index (χ2v) is 6.29. The number of ether oxygens (including phenoxy) is 1. The van der Waals surface area contributed by atoms with Crippen LogP contribution in [0.25, 0.3) is 0 Å². The molecular weight excluding hydrogens is 240 g/mol. The van der Waals surface area contributed by atoms with E-state index in [1.807, 2.05) is 0 Å². The summed E-state index contributed by atoms with van der Waals surface area (Å²) in [7, 11) is 0. The van der Waals surface area contributed by atoms with E-state index in [0.29, 0.717) is 5.41 Å². The van der Waals surface area contributed by atoms with Crippen molar-refractivity contribution >= 4 is 15.9 Å². The molecule has 1 saturated heterocycles. The molecule has 0 aromatic heterocycles. The van der Waals surface area contributed by atoms with Gasteiger partial charge >= 0.3 is 0 Å². The number of halogens is 1. The van der Waals surface area contributed by atoms with Gasteiger partial charge in [0.1, 0.15) is 0 Å². The lowest BCUT2D eigenvalue weighted by Crippen LogP contribution is -2.43. The number of hydrogen-bond acceptors (Lipinski definition) is 1. The molecule has 82 valence electrons. The van der Waals surface area contributed by atoms with E-state index in [1.165, 1.54) is 37.4 Å². The van der Waals surface area contributed by atoms with Crippen molar-refractivity contribution < 1.29 is 4.74 Å². The SMILES string of the molecule is CC1(C)CC2(CCCC2CBr)CCO1. The summed E-state index contributed by atoms with van der Waals surface area (Å²) < 4.78 is 5.83. The van der Waals surface area contributed by atoms with Crippen molar-refractivity contribution in [1.29, 1.82) is 0 Å². The van der Waals surface area contributed by atoms with Gasteiger partial charge in [-0.15, -0.1) is 0 Å². The molecule has 1 aliphatic carbocycles. The fraction of sp³-hybridized carbons (Fsp3) is 1.00. The van der Waals surface area contributed by atoms with Crippen molar-refractivity contribution in [1.82, 2.24) is 0 Å². The van der Waals surface area contributed by atoms with Gasteiger partial charge in [0, 0.05) is 11.9 Å². The molecule has 1 nitrogen and oxygen atoms in total. The highest BCUT2D eigenvalue weighted by atomic mass is 79.9. The minimum atomic E-state index is 0.114. The van der Waals surface area contributed by atoms with Crippen LogP contribution < -0.4 is 0 Å². The smallest absolute Gasteiger partial charge is 0.0631 e. The van der Waals surface area contributed by atoms with Crippen LogP contribution in [0, 0.1) is 11.3 Å². The third-order valence-corrected chi connectivity index (χ3v) is 4.93. The molecule has 1 aliphatic heterocycles. The van der Waals surface area contributed by atoms with Gasteiger partial charge in [-0.05, 0) is 50.9 Å². The zero-order chi connectivity index (χ0) is 10.2. The van der Waals surface area contributed by atoms with Gasteiger partial charge in [-0.25, -0.2) is 0 Å². The highest BCUT2D eigenvalue weighted by Crippen LogP contribution is 2.54. The molecule has 2 rings (SSSR count). The largest absolute Gasteiger partial charge is 0.376 e. The lowest BCUT2D eigenvalue weighted by molar-refractivity contribution is -0.113. The van der Waals surface area contributed by atoms with Crippen LogP contribution in [0.15, 0.2) is 0 Å². The van der Waals surface area contributed by atoms with Gasteiger partial charge in [0.15, 0.2) is 0 Å². The Morgan fingerprint density at radius 1 is 1.36 bits per heavy atom. The molecule has 0 N–H and O–H groups in total. The van der Waals surface area contributed by atoms with E-state index in [9.17, 15) is 0 Å². The second kappa shape index (κ2) is 3.79. The van der Waals surface area contributed by atoms with Crippen molar-refractivity contribution in [3.8, 4) is 0 Å². The van der Waals surface area contributed by atoms with E-state index >= 15 is 0 Å². The van der Waals surface area contributed by atoms with Crippen LogP contribution >= 0.6 is 15.9 Å². The van der Waals surface area contributed by atoms with Gasteiger partial charge in [0.25, 0.3) is 0 Å². The van der Waals surface area contributed by atoms with Crippen LogP contribution in [0.4, 0.5) is 0 Å². The first-order valence-corrected chi connectivity index (χ1v) is 6.90. The summed E-state index contributed by atoms with van der Waals surface area (Å²) in [6, 6.07) is 0. The molecule has 2 unspecified atom stereocenters. The molecule has 14 heavy (non-hydrogen) atoms. The predicted octanol–water partition coefficient (Wildman–Crippen LogP) is 3.76. The standard InChI is InChI=1S/C12H21BrO/c1-11(2)9-12(6-7-14-11)5-3-4-10(12)8-13/h10H,3-9H2,1-2H3. The molecule has 1 heterocycles. The van der Waals surface area contributed by atoms with Gasteiger partial charge in [-0.1, -0.05) is 22.4 Å². The average molecular weight is 261 g/mol. The minimum Gasteiger partial charge on any atom is -0.376 e. The van der Waals surface area contributed by atoms with Gasteiger partial charge < -0.3 is 4.74 Å². The molecule has 2 aliphatic rings. The monoisotopic (exact) mass is 260 g/mol. The Morgan fingerprint density at radius 3 is 2.79 bits per heavy atom.